The Labute approximate surface area is 194 Å². The van der Waals surface area contributed by atoms with Crippen molar-refractivity contribution in [2.45, 2.75) is 13.8 Å². The molecule has 0 saturated carbocycles. The fraction of sp³-hybridized carbons (Fsp3) is 0.300. The smallest absolute Gasteiger partial charge is 0.270 e. The second-order valence-electron chi connectivity index (χ2n) is 6.51. The monoisotopic (exact) mass is 486 g/mol. The van der Waals surface area contributed by atoms with Gasteiger partial charge in [-0.05, 0) is 37.4 Å². The summed E-state index contributed by atoms with van der Waals surface area (Å²) in [6.45, 7) is 6.54. The highest BCUT2D eigenvalue weighted by Crippen LogP contribution is 2.32. The number of nitrogens with zero attached hydrogens (tertiary/aromatic N) is 4. The second kappa shape index (κ2) is 10.8. The summed E-state index contributed by atoms with van der Waals surface area (Å²) < 4.78 is 14.2. The van der Waals surface area contributed by atoms with Gasteiger partial charge in [0.15, 0.2) is 5.13 Å². The molecule has 31 heavy (non-hydrogen) atoms. The predicted octanol–water partition coefficient (Wildman–Crippen LogP) is 5.41. The third kappa shape index (κ3) is 5.68. The zero-order valence-electron chi connectivity index (χ0n) is 16.9. The molecule has 3 aromatic rings. The van der Waals surface area contributed by atoms with Gasteiger partial charge in [-0.1, -0.05) is 36.8 Å². The largest absolute Gasteiger partial charge is 0.302 e. The van der Waals surface area contributed by atoms with Gasteiger partial charge in [-0.25, -0.2) is 9.37 Å². The number of fused-ring (bicyclic) bond motifs is 1. The predicted molar refractivity (Wildman–Crippen MR) is 124 cm³/mol. The van der Waals surface area contributed by atoms with E-state index in [-0.39, 0.29) is 34.5 Å². The zero-order valence-corrected chi connectivity index (χ0v) is 19.3. The van der Waals surface area contributed by atoms with Crippen LogP contribution in [0, 0.1) is 15.9 Å². The number of aromatic nitrogens is 1. The molecule has 2 aromatic carbocycles. The average Bonchev–Trinajstić information content (AvgIpc) is 3.13. The van der Waals surface area contributed by atoms with Gasteiger partial charge in [-0.3, -0.25) is 19.8 Å². The molecule has 0 aliphatic rings. The number of hydrogen-bond acceptors (Lipinski definition) is 6. The molecular weight excluding hydrogens is 466 g/mol. The highest BCUT2D eigenvalue weighted by Gasteiger charge is 2.25. The second-order valence-corrected chi connectivity index (χ2v) is 7.93. The molecule has 0 aliphatic heterocycles. The number of halogens is 3. The minimum Gasteiger partial charge on any atom is -0.302 e. The van der Waals surface area contributed by atoms with Crippen molar-refractivity contribution in [3.05, 3.63) is 62.9 Å². The molecule has 1 heterocycles. The molecular formula is C20H21Cl2FN4O3S. The molecule has 7 nitrogen and oxygen atoms in total. The summed E-state index contributed by atoms with van der Waals surface area (Å²) in [6.07, 6.45) is 0. The van der Waals surface area contributed by atoms with E-state index in [4.69, 9.17) is 11.6 Å². The SMILES string of the molecule is CCN(CC)CCN(C(=O)c1cc([N+](=O)[O-])ccc1Cl)c1nc2ccc(F)cc2s1.Cl. The fourth-order valence-electron chi connectivity index (χ4n) is 3.00. The third-order valence-electron chi connectivity index (χ3n) is 4.74. The Bertz CT molecular complexity index is 1090. The van der Waals surface area contributed by atoms with E-state index in [1.807, 2.05) is 13.8 Å². The number of hydrogen-bond donors (Lipinski definition) is 0. The Kier molecular flexibility index (Phi) is 8.69. The van der Waals surface area contributed by atoms with Crippen LogP contribution in [0.3, 0.4) is 0 Å². The third-order valence-corrected chi connectivity index (χ3v) is 6.11. The van der Waals surface area contributed by atoms with Gasteiger partial charge < -0.3 is 4.90 Å². The lowest BCUT2D eigenvalue weighted by Gasteiger charge is -2.25. The van der Waals surface area contributed by atoms with E-state index in [0.29, 0.717) is 28.4 Å². The van der Waals surface area contributed by atoms with Crippen molar-refractivity contribution < 1.29 is 14.1 Å². The van der Waals surface area contributed by atoms with E-state index in [1.165, 1.54) is 46.6 Å². The van der Waals surface area contributed by atoms with Crippen molar-refractivity contribution in [1.82, 2.24) is 9.88 Å². The first kappa shape index (κ1) is 24.9. The van der Waals surface area contributed by atoms with Gasteiger partial charge in [-0.2, -0.15) is 0 Å². The number of thiazole rings is 1. The van der Waals surface area contributed by atoms with E-state index in [1.54, 1.807) is 6.07 Å². The zero-order chi connectivity index (χ0) is 21.8. The van der Waals surface area contributed by atoms with Crippen molar-refractivity contribution in [3.8, 4) is 0 Å². The summed E-state index contributed by atoms with van der Waals surface area (Å²) in [7, 11) is 0. The molecule has 3 rings (SSSR count). The maximum Gasteiger partial charge on any atom is 0.270 e. The van der Waals surface area contributed by atoms with Gasteiger partial charge in [0.05, 0.1) is 25.7 Å². The van der Waals surface area contributed by atoms with Crippen molar-refractivity contribution in [2.24, 2.45) is 0 Å². The van der Waals surface area contributed by atoms with Crippen LogP contribution in [0.5, 0.6) is 0 Å². The van der Waals surface area contributed by atoms with E-state index >= 15 is 0 Å². The first-order valence-electron chi connectivity index (χ1n) is 9.38. The van der Waals surface area contributed by atoms with Crippen molar-refractivity contribution in [1.29, 1.82) is 0 Å². The van der Waals surface area contributed by atoms with Gasteiger partial charge >= 0.3 is 0 Å². The van der Waals surface area contributed by atoms with E-state index < -0.39 is 10.8 Å². The number of amides is 1. The maximum atomic E-state index is 13.6. The van der Waals surface area contributed by atoms with Crippen LogP contribution in [-0.4, -0.2) is 46.9 Å². The van der Waals surface area contributed by atoms with Gasteiger partial charge in [0.25, 0.3) is 11.6 Å². The number of likely N-dealkylation sites (N-methyl/N-ethyl adjacent to an activating group) is 1. The van der Waals surface area contributed by atoms with Crippen LogP contribution in [0.25, 0.3) is 10.2 Å². The highest BCUT2D eigenvalue weighted by molar-refractivity contribution is 7.22. The number of nitro benzene ring substituents is 1. The Morgan fingerprint density at radius 3 is 2.55 bits per heavy atom. The average molecular weight is 487 g/mol. The van der Waals surface area contributed by atoms with Gasteiger partial charge in [-0.15, -0.1) is 12.4 Å². The van der Waals surface area contributed by atoms with Crippen LogP contribution in [0.1, 0.15) is 24.2 Å². The first-order valence-corrected chi connectivity index (χ1v) is 10.6. The summed E-state index contributed by atoms with van der Waals surface area (Å²) in [6, 6.07) is 7.98. The number of nitro groups is 1. The number of carbonyl (C=O) groups excluding carboxylic acids is 1. The minimum atomic E-state index is -0.576. The van der Waals surface area contributed by atoms with Crippen LogP contribution >= 0.6 is 35.3 Å². The number of anilines is 1. The summed E-state index contributed by atoms with van der Waals surface area (Å²) in [5.74, 6) is -0.879. The standard InChI is InChI=1S/C20H20ClFN4O3S.ClH/c1-3-24(4-2)9-10-25(20-23-17-8-5-13(22)11-18(17)30-20)19(27)15-12-14(26(28)29)6-7-16(15)21;/h5-8,11-12H,3-4,9-10H2,1-2H3;1H. The molecule has 11 heteroatoms. The number of carbonyl (C=O) groups is 1. The van der Waals surface area contributed by atoms with Gasteiger partial charge in [0.1, 0.15) is 5.82 Å². The van der Waals surface area contributed by atoms with Crippen LogP contribution in [0.4, 0.5) is 15.2 Å². The Balaban J connectivity index is 0.00000341. The number of benzene rings is 2. The minimum absolute atomic E-state index is 0. The molecule has 166 valence electrons. The molecule has 0 fully saturated rings. The molecule has 0 atom stereocenters. The van der Waals surface area contributed by atoms with Gasteiger partial charge in [0, 0.05) is 25.2 Å². The van der Waals surface area contributed by atoms with E-state index in [2.05, 4.69) is 9.88 Å². The molecule has 0 spiro atoms. The molecule has 0 aliphatic carbocycles. The van der Waals surface area contributed by atoms with Crippen LogP contribution in [-0.2, 0) is 0 Å². The molecule has 0 saturated heterocycles. The van der Waals surface area contributed by atoms with Crippen LogP contribution in [0.15, 0.2) is 36.4 Å². The molecule has 0 N–H and O–H groups in total. The highest BCUT2D eigenvalue weighted by atomic mass is 35.5. The van der Waals surface area contributed by atoms with Crippen molar-refractivity contribution >= 4 is 62.3 Å². The lowest BCUT2D eigenvalue weighted by molar-refractivity contribution is -0.384. The summed E-state index contributed by atoms with van der Waals surface area (Å²) in [4.78, 5) is 32.0. The Morgan fingerprint density at radius 2 is 1.90 bits per heavy atom. The normalized spacial score (nSPS) is 10.9. The molecule has 0 bridgehead atoms. The molecule has 0 radical (unpaired) electrons. The summed E-state index contributed by atoms with van der Waals surface area (Å²) >= 11 is 7.38. The number of rotatable bonds is 8. The maximum absolute atomic E-state index is 13.6. The molecule has 1 amide bonds. The quantitative estimate of drug-likeness (QED) is 0.314. The lowest BCUT2D eigenvalue weighted by Crippen LogP contribution is -2.39. The number of non-ortho nitro benzene ring substituents is 1. The molecule has 1 aromatic heterocycles. The van der Waals surface area contributed by atoms with Crippen molar-refractivity contribution in [3.63, 3.8) is 0 Å². The van der Waals surface area contributed by atoms with E-state index in [0.717, 1.165) is 13.1 Å². The first-order chi connectivity index (χ1) is 14.3. The fourth-order valence-corrected chi connectivity index (χ4v) is 4.22. The summed E-state index contributed by atoms with van der Waals surface area (Å²) in [5.41, 5.74) is 0.371. The van der Waals surface area contributed by atoms with Crippen LogP contribution < -0.4 is 4.90 Å². The Morgan fingerprint density at radius 1 is 1.19 bits per heavy atom. The summed E-state index contributed by atoms with van der Waals surface area (Å²) in [5, 5.41) is 11.7. The van der Waals surface area contributed by atoms with Crippen LogP contribution in [0.2, 0.25) is 5.02 Å². The van der Waals surface area contributed by atoms with Gasteiger partial charge in [0.2, 0.25) is 0 Å². The van der Waals surface area contributed by atoms with E-state index in [9.17, 15) is 19.3 Å². The molecule has 0 unspecified atom stereocenters. The lowest BCUT2D eigenvalue weighted by atomic mass is 10.1. The topological polar surface area (TPSA) is 79.6 Å². The Hall–Kier alpha value is -2.33. The van der Waals surface area contributed by atoms with Crippen molar-refractivity contribution in [2.75, 3.05) is 31.1 Å².